The molecule has 0 spiro atoms. The summed E-state index contributed by atoms with van der Waals surface area (Å²) in [5, 5.41) is 7.41. The summed E-state index contributed by atoms with van der Waals surface area (Å²) in [6, 6.07) is 14.3. The quantitative estimate of drug-likeness (QED) is 0.634. The van der Waals surface area contributed by atoms with Crippen molar-refractivity contribution in [2.24, 2.45) is 0 Å². The predicted molar refractivity (Wildman–Crippen MR) is 110 cm³/mol. The number of carbonyl (C=O) groups is 1. The van der Waals surface area contributed by atoms with Gasteiger partial charge in [-0.1, -0.05) is 35.5 Å². The van der Waals surface area contributed by atoms with Crippen LogP contribution in [0.25, 0.3) is 11.5 Å². The van der Waals surface area contributed by atoms with Crippen molar-refractivity contribution in [3.8, 4) is 11.5 Å². The molecule has 1 aliphatic heterocycles. The highest BCUT2D eigenvalue weighted by Crippen LogP contribution is 2.20. The minimum Gasteiger partial charge on any atom is -0.365 e. The third-order valence-electron chi connectivity index (χ3n) is 5.14. The van der Waals surface area contributed by atoms with Gasteiger partial charge < -0.3 is 14.7 Å². The van der Waals surface area contributed by atoms with Crippen LogP contribution in [0.4, 0.5) is 5.82 Å². The van der Waals surface area contributed by atoms with Gasteiger partial charge in [-0.2, -0.15) is 4.98 Å². The highest BCUT2D eigenvalue weighted by molar-refractivity contribution is 5.79. The second-order valence-corrected chi connectivity index (χ2v) is 7.26. The zero-order valence-corrected chi connectivity index (χ0v) is 16.5. The molecule has 7 nitrogen and oxygen atoms in total. The Hall–Kier alpha value is -3.22. The van der Waals surface area contributed by atoms with Gasteiger partial charge in [0.1, 0.15) is 5.82 Å². The number of aromatic nitrogens is 3. The predicted octanol–water partition coefficient (Wildman–Crippen LogP) is 3.34. The third-order valence-corrected chi connectivity index (χ3v) is 5.14. The Kier molecular flexibility index (Phi) is 5.84. The molecule has 0 saturated carbocycles. The van der Waals surface area contributed by atoms with Crippen molar-refractivity contribution in [1.29, 1.82) is 0 Å². The van der Waals surface area contributed by atoms with E-state index in [-0.39, 0.29) is 11.9 Å². The highest BCUT2D eigenvalue weighted by Gasteiger charge is 2.28. The zero-order valence-electron chi connectivity index (χ0n) is 16.5. The van der Waals surface area contributed by atoms with Crippen molar-refractivity contribution in [1.82, 2.24) is 20.0 Å². The van der Waals surface area contributed by atoms with E-state index in [1.54, 1.807) is 6.20 Å². The lowest BCUT2D eigenvalue weighted by Crippen LogP contribution is -2.27. The van der Waals surface area contributed by atoms with E-state index in [0.29, 0.717) is 18.1 Å². The number of amides is 1. The maximum absolute atomic E-state index is 11.8. The van der Waals surface area contributed by atoms with Crippen molar-refractivity contribution in [3.05, 3.63) is 60.0 Å². The first-order valence-corrected chi connectivity index (χ1v) is 10.1. The smallest absolute Gasteiger partial charge is 0.259 e. The minimum absolute atomic E-state index is 0.0976. The molecule has 1 amide bonds. The SMILES string of the molecule is CCN1C[C@@H](Nc2ccc(-c3nc(CCCc4ccccc4)no3)cn2)CC1=O. The van der Waals surface area contributed by atoms with Gasteiger partial charge in [0.2, 0.25) is 5.91 Å². The summed E-state index contributed by atoms with van der Waals surface area (Å²) < 4.78 is 5.40. The Morgan fingerprint density at radius 2 is 2.03 bits per heavy atom. The van der Waals surface area contributed by atoms with Crippen LogP contribution < -0.4 is 5.32 Å². The van der Waals surface area contributed by atoms with E-state index in [4.69, 9.17) is 4.52 Å². The summed E-state index contributed by atoms with van der Waals surface area (Å²) in [5.74, 6) is 2.12. The van der Waals surface area contributed by atoms with Crippen molar-refractivity contribution in [2.75, 3.05) is 18.4 Å². The molecule has 3 aromatic rings. The van der Waals surface area contributed by atoms with Crippen LogP contribution in [-0.2, 0) is 17.6 Å². The van der Waals surface area contributed by atoms with Crippen LogP contribution in [0.2, 0.25) is 0 Å². The van der Waals surface area contributed by atoms with Crippen molar-refractivity contribution < 1.29 is 9.32 Å². The van der Waals surface area contributed by atoms with Gasteiger partial charge in [0, 0.05) is 32.1 Å². The molecule has 1 saturated heterocycles. The number of nitrogens with zero attached hydrogens (tertiary/aromatic N) is 4. The van der Waals surface area contributed by atoms with Gasteiger partial charge in [-0.3, -0.25) is 4.79 Å². The van der Waals surface area contributed by atoms with E-state index in [1.165, 1.54) is 5.56 Å². The molecule has 0 bridgehead atoms. The van der Waals surface area contributed by atoms with E-state index in [2.05, 4.69) is 44.7 Å². The first-order valence-electron chi connectivity index (χ1n) is 10.1. The molecule has 1 aromatic carbocycles. The van der Waals surface area contributed by atoms with E-state index in [9.17, 15) is 4.79 Å². The number of pyridine rings is 1. The van der Waals surface area contributed by atoms with E-state index in [0.717, 1.165) is 43.7 Å². The summed E-state index contributed by atoms with van der Waals surface area (Å²) in [7, 11) is 0. The van der Waals surface area contributed by atoms with Crippen LogP contribution in [0.1, 0.15) is 31.2 Å². The molecule has 0 radical (unpaired) electrons. The zero-order chi connectivity index (χ0) is 20.1. The fourth-order valence-electron chi connectivity index (χ4n) is 3.56. The van der Waals surface area contributed by atoms with Gasteiger partial charge in [0.25, 0.3) is 5.89 Å². The lowest BCUT2D eigenvalue weighted by atomic mass is 10.1. The second kappa shape index (κ2) is 8.86. The monoisotopic (exact) mass is 391 g/mol. The van der Waals surface area contributed by atoms with Crippen molar-refractivity contribution in [3.63, 3.8) is 0 Å². The average Bonchev–Trinajstić information content (AvgIpc) is 3.36. The number of nitrogens with one attached hydrogen (secondary N) is 1. The lowest BCUT2D eigenvalue weighted by Gasteiger charge is -2.15. The normalized spacial score (nSPS) is 16.4. The number of aryl methyl sites for hydroxylation is 2. The van der Waals surface area contributed by atoms with Gasteiger partial charge in [0.15, 0.2) is 5.82 Å². The van der Waals surface area contributed by atoms with E-state index < -0.39 is 0 Å². The van der Waals surface area contributed by atoms with Crippen molar-refractivity contribution >= 4 is 11.7 Å². The van der Waals surface area contributed by atoms with Crippen LogP contribution in [0.5, 0.6) is 0 Å². The molecule has 0 aliphatic carbocycles. The number of anilines is 1. The molecule has 1 atom stereocenters. The van der Waals surface area contributed by atoms with Crippen LogP contribution in [-0.4, -0.2) is 45.1 Å². The van der Waals surface area contributed by atoms with Gasteiger partial charge in [-0.05, 0) is 37.5 Å². The largest absolute Gasteiger partial charge is 0.365 e. The molecular formula is C22H25N5O2. The maximum Gasteiger partial charge on any atom is 0.259 e. The lowest BCUT2D eigenvalue weighted by molar-refractivity contribution is -0.127. The summed E-state index contributed by atoms with van der Waals surface area (Å²) in [6.45, 7) is 3.46. The fourth-order valence-corrected chi connectivity index (χ4v) is 3.56. The molecule has 3 heterocycles. The number of hydrogen-bond donors (Lipinski definition) is 1. The average molecular weight is 391 g/mol. The van der Waals surface area contributed by atoms with Gasteiger partial charge >= 0.3 is 0 Å². The molecule has 2 aromatic heterocycles. The molecule has 1 aliphatic rings. The Morgan fingerprint density at radius 3 is 2.76 bits per heavy atom. The van der Waals surface area contributed by atoms with Crippen LogP contribution in [0, 0.1) is 0 Å². The Bertz CT molecular complexity index is 939. The Labute approximate surface area is 170 Å². The Balaban J connectivity index is 1.31. The minimum atomic E-state index is 0.0976. The summed E-state index contributed by atoms with van der Waals surface area (Å²) >= 11 is 0. The number of rotatable bonds is 8. The molecule has 1 fully saturated rings. The molecule has 29 heavy (non-hydrogen) atoms. The van der Waals surface area contributed by atoms with E-state index >= 15 is 0 Å². The van der Waals surface area contributed by atoms with Gasteiger partial charge in [-0.25, -0.2) is 4.98 Å². The second-order valence-electron chi connectivity index (χ2n) is 7.26. The van der Waals surface area contributed by atoms with Gasteiger partial charge in [-0.15, -0.1) is 0 Å². The van der Waals surface area contributed by atoms with Crippen LogP contribution in [0.3, 0.4) is 0 Å². The fraction of sp³-hybridized carbons (Fsp3) is 0.364. The number of carbonyl (C=O) groups excluding carboxylic acids is 1. The van der Waals surface area contributed by atoms with E-state index in [1.807, 2.05) is 30.0 Å². The number of likely N-dealkylation sites (tertiary alicyclic amines) is 1. The highest BCUT2D eigenvalue weighted by atomic mass is 16.5. The molecule has 1 N–H and O–H groups in total. The maximum atomic E-state index is 11.8. The van der Waals surface area contributed by atoms with Crippen LogP contribution in [0.15, 0.2) is 53.2 Å². The topological polar surface area (TPSA) is 84.2 Å². The Morgan fingerprint density at radius 1 is 1.17 bits per heavy atom. The summed E-state index contributed by atoms with van der Waals surface area (Å²) in [5.41, 5.74) is 2.10. The number of likely N-dealkylation sites (N-methyl/N-ethyl adjacent to an activating group) is 1. The number of benzene rings is 1. The van der Waals surface area contributed by atoms with Gasteiger partial charge in [0.05, 0.1) is 11.6 Å². The summed E-state index contributed by atoms with van der Waals surface area (Å²) in [4.78, 5) is 22.6. The molecule has 0 unspecified atom stereocenters. The van der Waals surface area contributed by atoms with Crippen molar-refractivity contribution in [2.45, 2.75) is 38.6 Å². The van der Waals surface area contributed by atoms with Crippen LogP contribution >= 0.6 is 0 Å². The molecular weight excluding hydrogens is 366 g/mol. The molecule has 4 rings (SSSR count). The first kappa shape index (κ1) is 19.1. The molecule has 7 heteroatoms. The first-order chi connectivity index (χ1) is 14.2. The third kappa shape index (κ3) is 4.80. The standard InChI is InChI=1S/C22H25N5O2/c1-2-27-15-18(13-21(27)28)24-19-12-11-17(14-23-19)22-25-20(26-29-22)10-6-9-16-7-4-3-5-8-16/h3-5,7-8,11-12,14,18H,2,6,9-10,13,15H2,1H3,(H,23,24)/t18-/m0/s1. The molecule has 150 valence electrons. The number of hydrogen-bond acceptors (Lipinski definition) is 6. The summed E-state index contributed by atoms with van der Waals surface area (Å²) in [6.07, 6.45) is 4.96.